The lowest BCUT2D eigenvalue weighted by Crippen LogP contribution is -2.44. The van der Waals surface area contributed by atoms with Gasteiger partial charge < -0.3 is 10.3 Å². The zero-order chi connectivity index (χ0) is 19.9. The van der Waals surface area contributed by atoms with Crippen LogP contribution in [0.5, 0.6) is 0 Å². The van der Waals surface area contributed by atoms with Gasteiger partial charge in [-0.15, -0.1) is 12.4 Å². The standard InChI is InChI=1S/C20H22N4O3S.ClH/c1-14-7-9-16(10-8-14)24(2)28(25,26)17-6-3-5-15(13-17)18-22-19(23-27-18)20(21)11-4-12-20;/h3,5-10,13H,4,11-12,21H2,1-2H3;1H. The summed E-state index contributed by atoms with van der Waals surface area (Å²) >= 11 is 0. The van der Waals surface area contributed by atoms with E-state index in [4.69, 9.17) is 10.3 Å². The second kappa shape index (κ2) is 7.78. The van der Waals surface area contributed by atoms with Crippen LogP contribution in [0.15, 0.2) is 57.9 Å². The van der Waals surface area contributed by atoms with E-state index in [0.29, 0.717) is 17.1 Å². The zero-order valence-corrected chi connectivity index (χ0v) is 17.8. The average molecular weight is 435 g/mol. The third kappa shape index (κ3) is 3.88. The van der Waals surface area contributed by atoms with Crippen molar-refractivity contribution < 1.29 is 12.9 Å². The molecule has 7 nitrogen and oxygen atoms in total. The van der Waals surface area contributed by atoms with E-state index < -0.39 is 15.6 Å². The van der Waals surface area contributed by atoms with Gasteiger partial charge in [-0.05, 0) is 56.5 Å². The van der Waals surface area contributed by atoms with Crippen molar-refractivity contribution in [2.24, 2.45) is 5.73 Å². The molecular weight excluding hydrogens is 412 g/mol. The third-order valence-electron chi connectivity index (χ3n) is 5.25. The van der Waals surface area contributed by atoms with Crippen molar-refractivity contribution in [3.63, 3.8) is 0 Å². The molecule has 0 radical (unpaired) electrons. The summed E-state index contributed by atoms with van der Waals surface area (Å²) in [6.45, 7) is 1.95. The lowest BCUT2D eigenvalue weighted by atomic mass is 9.77. The molecule has 2 N–H and O–H groups in total. The van der Waals surface area contributed by atoms with E-state index in [0.717, 1.165) is 24.8 Å². The maximum Gasteiger partial charge on any atom is 0.264 e. The number of nitrogens with two attached hydrogens (primary N) is 1. The van der Waals surface area contributed by atoms with Gasteiger partial charge in [-0.1, -0.05) is 28.9 Å². The molecule has 1 aliphatic rings. The van der Waals surface area contributed by atoms with E-state index in [1.165, 1.54) is 11.4 Å². The Hall–Kier alpha value is -2.42. The van der Waals surface area contributed by atoms with Gasteiger partial charge in [-0.3, -0.25) is 4.31 Å². The minimum atomic E-state index is -3.73. The fourth-order valence-corrected chi connectivity index (χ4v) is 4.41. The number of nitrogens with zero attached hydrogens (tertiary/aromatic N) is 3. The molecule has 154 valence electrons. The number of halogens is 1. The Bertz CT molecular complexity index is 1110. The van der Waals surface area contributed by atoms with Gasteiger partial charge in [0, 0.05) is 12.6 Å². The highest BCUT2D eigenvalue weighted by Gasteiger charge is 2.39. The molecule has 1 aliphatic carbocycles. The molecule has 1 aromatic heterocycles. The predicted octanol–water partition coefficient (Wildman–Crippen LogP) is 3.63. The first-order valence-electron chi connectivity index (χ1n) is 9.09. The second-order valence-electron chi connectivity index (χ2n) is 7.27. The first kappa shape index (κ1) is 21.3. The molecule has 0 spiro atoms. The second-order valence-corrected chi connectivity index (χ2v) is 9.24. The van der Waals surface area contributed by atoms with Gasteiger partial charge in [0.05, 0.1) is 16.1 Å². The maximum atomic E-state index is 13.1. The van der Waals surface area contributed by atoms with Gasteiger partial charge in [0.25, 0.3) is 15.9 Å². The van der Waals surface area contributed by atoms with Crippen LogP contribution in [-0.2, 0) is 15.6 Å². The summed E-state index contributed by atoms with van der Waals surface area (Å²) in [6.07, 6.45) is 2.68. The van der Waals surface area contributed by atoms with E-state index in [-0.39, 0.29) is 23.2 Å². The summed E-state index contributed by atoms with van der Waals surface area (Å²) in [4.78, 5) is 4.55. The molecule has 0 saturated heterocycles. The maximum absolute atomic E-state index is 13.1. The molecule has 2 aromatic carbocycles. The fourth-order valence-electron chi connectivity index (χ4n) is 3.17. The predicted molar refractivity (Wildman–Crippen MR) is 113 cm³/mol. The fraction of sp³-hybridized carbons (Fsp3) is 0.300. The van der Waals surface area contributed by atoms with E-state index >= 15 is 0 Å². The molecule has 29 heavy (non-hydrogen) atoms. The van der Waals surface area contributed by atoms with Gasteiger partial charge in [-0.25, -0.2) is 8.42 Å². The number of aromatic nitrogens is 2. The number of hydrogen-bond donors (Lipinski definition) is 1. The van der Waals surface area contributed by atoms with Crippen LogP contribution in [0.3, 0.4) is 0 Å². The van der Waals surface area contributed by atoms with Gasteiger partial charge in [0.1, 0.15) is 0 Å². The normalized spacial score (nSPS) is 15.3. The summed E-state index contributed by atoms with van der Waals surface area (Å²) in [5.74, 6) is 0.737. The number of aryl methyl sites for hydroxylation is 1. The molecule has 0 bridgehead atoms. The average Bonchev–Trinajstić information content (AvgIpc) is 3.17. The van der Waals surface area contributed by atoms with Gasteiger partial charge >= 0.3 is 0 Å². The SMILES string of the molecule is Cc1ccc(N(C)S(=O)(=O)c2cccc(-c3nc(C4(N)CCC4)no3)c2)cc1.Cl. The number of rotatable bonds is 5. The monoisotopic (exact) mass is 434 g/mol. The van der Waals surface area contributed by atoms with Crippen molar-refractivity contribution >= 4 is 28.1 Å². The van der Waals surface area contributed by atoms with Crippen molar-refractivity contribution in [3.8, 4) is 11.5 Å². The minimum absolute atomic E-state index is 0. The minimum Gasteiger partial charge on any atom is -0.334 e. The smallest absolute Gasteiger partial charge is 0.264 e. The molecule has 4 rings (SSSR count). The Kier molecular flexibility index (Phi) is 5.71. The van der Waals surface area contributed by atoms with Crippen molar-refractivity contribution in [2.45, 2.75) is 36.6 Å². The summed E-state index contributed by atoms with van der Waals surface area (Å²) in [7, 11) is -2.20. The van der Waals surface area contributed by atoms with Crippen LogP contribution in [0.2, 0.25) is 0 Å². The molecule has 1 heterocycles. The molecule has 0 unspecified atom stereocenters. The van der Waals surface area contributed by atoms with Crippen LogP contribution in [0, 0.1) is 6.92 Å². The molecule has 9 heteroatoms. The number of benzene rings is 2. The quantitative estimate of drug-likeness (QED) is 0.657. The number of hydrogen-bond acceptors (Lipinski definition) is 6. The Labute approximate surface area is 176 Å². The van der Waals surface area contributed by atoms with Crippen molar-refractivity contribution in [1.29, 1.82) is 0 Å². The summed E-state index contributed by atoms with van der Waals surface area (Å²) < 4.78 is 32.7. The summed E-state index contributed by atoms with van der Waals surface area (Å²) in [5, 5.41) is 4.00. The van der Waals surface area contributed by atoms with E-state index in [9.17, 15) is 8.42 Å². The van der Waals surface area contributed by atoms with Crippen LogP contribution in [0.25, 0.3) is 11.5 Å². The molecule has 1 saturated carbocycles. The van der Waals surface area contributed by atoms with Crippen molar-refractivity contribution in [2.75, 3.05) is 11.4 Å². The number of sulfonamides is 1. The zero-order valence-electron chi connectivity index (χ0n) is 16.2. The van der Waals surface area contributed by atoms with Crippen LogP contribution in [-0.4, -0.2) is 25.6 Å². The summed E-state index contributed by atoms with van der Waals surface area (Å²) in [6, 6.07) is 13.8. The third-order valence-corrected chi connectivity index (χ3v) is 7.04. The molecular formula is C20H23ClN4O3S. The molecule has 1 fully saturated rings. The largest absolute Gasteiger partial charge is 0.334 e. The highest BCUT2D eigenvalue weighted by Crippen LogP contribution is 2.37. The van der Waals surface area contributed by atoms with E-state index in [1.54, 1.807) is 36.4 Å². The van der Waals surface area contributed by atoms with Crippen molar-refractivity contribution in [1.82, 2.24) is 10.1 Å². The Morgan fingerprint density at radius 3 is 2.45 bits per heavy atom. The Morgan fingerprint density at radius 1 is 1.14 bits per heavy atom. The first-order valence-corrected chi connectivity index (χ1v) is 10.5. The van der Waals surface area contributed by atoms with Crippen LogP contribution >= 0.6 is 12.4 Å². The highest BCUT2D eigenvalue weighted by atomic mass is 35.5. The topological polar surface area (TPSA) is 102 Å². The summed E-state index contributed by atoms with van der Waals surface area (Å²) in [5.41, 5.74) is 7.90. The molecule has 0 amide bonds. The van der Waals surface area contributed by atoms with Crippen LogP contribution < -0.4 is 10.0 Å². The highest BCUT2D eigenvalue weighted by molar-refractivity contribution is 7.92. The van der Waals surface area contributed by atoms with Gasteiger partial charge in [0.15, 0.2) is 5.82 Å². The lowest BCUT2D eigenvalue weighted by molar-refractivity contribution is 0.229. The molecule has 0 atom stereocenters. The van der Waals surface area contributed by atoms with Crippen LogP contribution in [0.4, 0.5) is 5.69 Å². The van der Waals surface area contributed by atoms with Gasteiger partial charge in [-0.2, -0.15) is 4.98 Å². The van der Waals surface area contributed by atoms with E-state index in [2.05, 4.69) is 10.1 Å². The Balaban J connectivity index is 0.00000240. The lowest BCUT2D eigenvalue weighted by Gasteiger charge is -2.34. The van der Waals surface area contributed by atoms with Crippen LogP contribution in [0.1, 0.15) is 30.7 Å². The Morgan fingerprint density at radius 2 is 1.83 bits per heavy atom. The van der Waals surface area contributed by atoms with Gasteiger partial charge in [0.2, 0.25) is 0 Å². The number of anilines is 1. The molecule has 0 aliphatic heterocycles. The first-order chi connectivity index (χ1) is 13.3. The van der Waals surface area contributed by atoms with E-state index in [1.807, 2.05) is 19.1 Å². The molecule has 3 aromatic rings. The van der Waals surface area contributed by atoms with Crippen molar-refractivity contribution in [3.05, 3.63) is 59.9 Å².